The van der Waals surface area contributed by atoms with E-state index in [1.807, 2.05) is 0 Å². The number of halogens is 1. The van der Waals surface area contributed by atoms with E-state index in [4.69, 9.17) is 11.6 Å². The van der Waals surface area contributed by atoms with Gasteiger partial charge in [0.2, 0.25) is 0 Å². The minimum Gasteiger partial charge on any atom is -0.349 e. The fourth-order valence-corrected chi connectivity index (χ4v) is 1.91. The number of nitrogens with zero attached hydrogens (tertiary/aromatic N) is 2. The first kappa shape index (κ1) is 12.4. The fraction of sp³-hybridized carbons (Fsp3) is 0.182. The maximum Gasteiger partial charge on any atom is 0.271 e. The molecule has 0 radical (unpaired) electrons. The van der Waals surface area contributed by atoms with Gasteiger partial charge in [-0.2, -0.15) is 0 Å². The van der Waals surface area contributed by atoms with E-state index in [-0.39, 0.29) is 16.6 Å². The maximum absolute atomic E-state index is 11.8. The van der Waals surface area contributed by atoms with Crippen molar-refractivity contribution in [3.05, 3.63) is 39.0 Å². The van der Waals surface area contributed by atoms with Crippen molar-refractivity contribution in [2.45, 2.75) is 0 Å². The van der Waals surface area contributed by atoms with Crippen molar-refractivity contribution < 1.29 is 9.72 Å². The second-order valence-corrected chi connectivity index (χ2v) is 4.44. The molecule has 0 aliphatic rings. The summed E-state index contributed by atoms with van der Waals surface area (Å²) in [5.41, 5.74) is 0.764. The molecule has 7 heteroatoms. The van der Waals surface area contributed by atoms with Gasteiger partial charge in [-0.15, -0.1) is 0 Å². The monoisotopic (exact) mass is 267 g/mol. The molecule has 0 aliphatic heterocycles. The summed E-state index contributed by atoms with van der Waals surface area (Å²) in [5.74, 6) is -0.218. The molecule has 18 heavy (non-hydrogen) atoms. The number of hydrogen-bond donors (Lipinski definition) is 1. The Hall–Kier alpha value is -2.08. The normalized spacial score (nSPS) is 10.6. The number of hydrogen-bond acceptors (Lipinski definition) is 3. The highest BCUT2D eigenvalue weighted by molar-refractivity contribution is 6.35. The minimum absolute atomic E-state index is 0.102. The molecule has 1 aromatic heterocycles. The Morgan fingerprint density at radius 1 is 1.39 bits per heavy atom. The molecule has 0 spiro atoms. The van der Waals surface area contributed by atoms with Gasteiger partial charge in [-0.3, -0.25) is 14.9 Å². The highest BCUT2D eigenvalue weighted by Crippen LogP contribution is 2.29. The van der Waals surface area contributed by atoms with E-state index >= 15 is 0 Å². The molecule has 94 valence electrons. The van der Waals surface area contributed by atoms with Gasteiger partial charge in [0.25, 0.3) is 11.6 Å². The first-order chi connectivity index (χ1) is 8.40. The predicted molar refractivity (Wildman–Crippen MR) is 68.0 cm³/mol. The number of nitro groups is 1. The molecule has 0 bridgehead atoms. The highest BCUT2D eigenvalue weighted by Gasteiger charge is 2.16. The molecular formula is C11H10ClN3O3. The van der Waals surface area contributed by atoms with E-state index in [0.29, 0.717) is 16.6 Å². The van der Waals surface area contributed by atoms with Gasteiger partial charge in [-0.05, 0) is 6.07 Å². The van der Waals surface area contributed by atoms with Crippen LogP contribution >= 0.6 is 11.6 Å². The molecule has 0 unspecified atom stereocenters. The molecule has 0 saturated carbocycles. The number of benzene rings is 1. The van der Waals surface area contributed by atoms with E-state index in [1.165, 1.54) is 17.0 Å². The van der Waals surface area contributed by atoms with Gasteiger partial charge >= 0.3 is 0 Å². The van der Waals surface area contributed by atoms with Crippen LogP contribution in [-0.4, -0.2) is 34.8 Å². The zero-order chi connectivity index (χ0) is 13.4. The summed E-state index contributed by atoms with van der Waals surface area (Å²) in [5, 5.41) is 11.5. The molecule has 0 atom stereocenters. The van der Waals surface area contributed by atoms with Gasteiger partial charge in [-0.1, -0.05) is 11.6 Å². The van der Waals surface area contributed by atoms with Crippen LogP contribution in [-0.2, 0) is 0 Å². The SMILES string of the molecule is CN(C)C(=O)c1cc2cc([N+](=O)[O-])cc(Cl)c2[nH]1. The number of rotatable bonds is 2. The maximum atomic E-state index is 11.8. The summed E-state index contributed by atoms with van der Waals surface area (Å²) in [6, 6.07) is 4.19. The van der Waals surface area contributed by atoms with Crippen LogP contribution in [0.25, 0.3) is 10.9 Å². The van der Waals surface area contributed by atoms with E-state index < -0.39 is 4.92 Å². The molecule has 1 heterocycles. The van der Waals surface area contributed by atoms with Gasteiger partial charge in [0.1, 0.15) is 5.69 Å². The van der Waals surface area contributed by atoms with Crippen LogP contribution in [0.1, 0.15) is 10.5 Å². The highest BCUT2D eigenvalue weighted by atomic mass is 35.5. The van der Waals surface area contributed by atoms with E-state index in [0.717, 1.165) is 0 Å². The third kappa shape index (κ3) is 2.02. The first-order valence-electron chi connectivity index (χ1n) is 5.08. The van der Waals surface area contributed by atoms with Crippen LogP contribution in [0.5, 0.6) is 0 Å². The predicted octanol–water partition coefficient (Wildman–Crippen LogP) is 2.43. The third-order valence-electron chi connectivity index (χ3n) is 2.51. The fourth-order valence-electron chi connectivity index (χ4n) is 1.65. The van der Waals surface area contributed by atoms with Gasteiger partial charge in [-0.25, -0.2) is 0 Å². The van der Waals surface area contributed by atoms with Gasteiger partial charge in [0.15, 0.2) is 0 Å². The zero-order valence-electron chi connectivity index (χ0n) is 9.73. The first-order valence-corrected chi connectivity index (χ1v) is 5.46. The van der Waals surface area contributed by atoms with Crippen LogP contribution in [0.15, 0.2) is 18.2 Å². The number of non-ortho nitro benzene ring substituents is 1. The second kappa shape index (κ2) is 4.30. The lowest BCUT2D eigenvalue weighted by Crippen LogP contribution is -2.21. The minimum atomic E-state index is -0.522. The van der Waals surface area contributed by atoms with Crippen LogP contribution in [0.2, 0.25) is 5.02 Å². The van der Waals surface area contributed by atoms with Crippen molar-refractivity contribution in [1.82, 2.24) is 9.88 Å². The summed E-state index contributed by atoms with van der Waals surface area (Å²) in [6.07, 6.45) is 0. The van der Waals surface area contributed by atoms with Crippen molar-refractivity contribution in [2.24, 2.45) is 0 Å². The lowest BCUT2D eigenvalue weighted by atomic mass is 10.2. The van der Waals surface area contributed by atoms with E-state index in [2.05, 4.69) is 4.98 Å². The van der Waals surface area contributed by atoms with E-state index in [1.54, 1.807) is 20.2 Å². The number of carbonyl (C=O) groups excluding carboxylic acids is 1. The largest absolute Gasteiger partial charge is 0.349 e. The smallest absolute Gasteiger partial charge is 0.271 e. The second-order valence-electron chi connectivity index (χ2n) is 4.03. The Kier molecular flexibility index (Phi) is 2.96. The van der Waals surface area contributed by atoms with Crippen LogP contribution in [0, 0.1) is 10.1 Å². The average molecular weight is 268 g/mol. The molecule has 2 aromatic rings. The third-order valence-corrected chi connectivity index (χ3v) is 2.81. The lowest BCUT2D eigenvalue weighted by molar-refractivity contribution is -0.384. The van der Waals surface area contributed by atoms with Crippen LogP contribution in [0.3, 0.4) is 0 Å². The standard InChI is InChI=1S/C11H10ClN3O3/c1-14(2)11(16)9-4-6-3-7(15(17)18)5-8(12)10(6)13-9/h3-5,13H,1-2H3. The molecule has 1 aromatic carbocycles. The van der Waals surface area contributed by atoms with Crippen LogP contribution < -0.4 is 0 Å². The molecular weight excluding hydrogens is 258 g/mol. The van der Waals surface area contributed by atoms with Crippen molar-refractivity contribution in [1.29, 1.82) is 0 Å². The summed E-state index contributed by atoms with van der Waals surface area (Å²) in [6.45, 7) is 0. The van der Waals surface area contributed by atoms with Crippen LogP contribution in [0.4, 0.5) is 5.69 Å². The van der Waals surface area contributed by atoms with Gasteiger partial charge < -0.3 is 9.88 Å². The Morgan fingerprint density at radius 2 is 2.06 bits per heavy atom. The number of amides is 1. The quantitative estimate of drug-likeness (QED) is 0.670. The number of nitrogens with one attached hydrogen (secondary N) is 1. The average Bonchev–Trinajstić information content (AvgIpc) is 2.71. The molecule has 6 nitrogen and oxygen atoms in total. The Labute approximate surface area is 107 Å². The van der Waals surface area contributed by atoms with Crippen molar-refractivity contribution in [3.8, 4) is 0 Å². The molecule has 0 saturated heterocycles. The number of aromatic nitrogens is 1. The zero-order valence-corrected chi connectivity index (χ0v) is 10.5. The van der Waals surface area contributed by atoms with Gasteiger partial charge in [0.05, 0.1) is 15.5 Å². The summed E-state index contributed by atoms with van der Waals surface area (Å²) >= 11 is 5.94. The Balaban J connectivity index is 2.61. The number of carbonyl (C=O) groups is 1. The lowest BCUT2D eigenvalue weighted by Gasteiger charge is -2.07. The molecule has 1 amide bonds. The number of nitro benzene ring substituents is 1. The number of aromatic amines is 1. The summed E-state index contributed by atoms with van der Waals surface area (Å²) < 4.78 is 0. The van der Waals surface area contributed by atoms with Gasteiger partial charge in [0, 0.05) is 31.6 Å². The van der Waals surface area contributed by atoms with E-state index in [9.17, 15) is 14.9 Å². The Bertz CT molecular complexity index is 648. The Morgan fingerprint density at radius 3 is 2.61 bits per heavy atom. The molecule has 1 N–H and O–H groups in total. The number of fused-ring (bicyclic) bond motifs is 1. The molecule has 2 rings (SSSR count). The van der Waals surface area contributed by atoms with Crippen molar-refractivity contribution in [3.63, 3.8) is 0 Å². The van der Waals surface area contributed by atoms with Crippen molar-refractivity contribution in [2.75, 3.05) is 14.1 Å². The molecule has 0 aliphatic carbocycles. The summed E-state index contributed by atoms with van der Waals surface area (Å²) in [7, 11) is 3.25. The topological polar surface area (TPSA) is 79.2 Å². The number of H-pyrrole nitrogens is 1. The van der Waals surface area contributed by atoms with Crippen molar-refractivity contribution >= 4 is 34.1 Å². The molecule has 0 fully saturated rings. The summed E-state index contributed by atoms with van der Waals surface area (Å²) in [4.78, 5) is 26.2.